The Bertz CT molecular complexity index is 258. The molecule has 2 N–H and O–H groups in total. The molecular formula is C11H20N2O. The van der Waals surface area contributed by atoms with Crippen molar-refractivity contribution in [1.29, 1.82) is 10.8 Å². The van der Waals surface area contributed by atoms with E-state index in [-0.39, 0.29) is 18.6 Å². The molecule has 0 spiro atoms. The largest absolute Gasteiger partial charge is 0.295 e. The van der Waals surface area contributed by atoms with E-state index >= 15 is 0 Å². The maximum atomic E-state index is 11.0. The van der Waals surface area contributed by atoms with E-state index in [2.05, 4.69) is 13.8 Å². The highest BCUT2D eigenvalue weighted by Gasteiger charge is 2.25. The summed E-state index contributed by atoms with van der Waals surface area (Å²) in [5, 5.41) is 11.2. The quantitative estimate of drug-likeness (QED) is 0.574. The number of hydrogen-bond donors (Lipinski definition) is 2. The molecule has 0 radical (unpaired) electrons. The zero-order chi connectivity index (χ0) is 10.5. The van der Waals surface area contributed by atoms with Crippen LogP contribution in [-0.4, -0.2) is 11.8 Å². The average molecular weight is 196 g/mol. The van der Waals surface area contributed by atoms with Gasteiger partial charge in [-0.15, -0.1) is 0 Å². The third-order valence-electron chi connectivity index (χ3n) is 1.82. The van der Waals surface area contributed by atoms with Gasteiger partial charge in [0.25, 0.3) is 0 Å². The standard InChI is InChI=1S/C9H14O.CH2N2.CH4/c1-7-4-8(10)6-9(2,3)5-7;2-1-3;/h4H,5-6H2,1-3H3;2-3H;1H4. The fourth-order valence-corrected chi connectivity index (χ4v) is 1.67. The number of ketones is 1. The Hall–Kier alpha value is -1.21. The van der Waals surface area contributed by atoms with Crippen LogP contribution in [0.15, 0.2) is 11.6 Å². The SMILES string of the molecule is C.CC1=CC(=O)CC(C)(C)C1.N=C=N. The lowest BCUT2D eigenvalue weighted by Gasteiger charge is -2.27. The minimum atomic E-state index is 0. The van der Waals surface area contributed by atoms with Crippen molar-refractivity contribution in [1.82, 2.24) is 0 Å². The number of carbonyl (C=O) groups excluding carboxylic acids is 1. The van der Waals surface area contributed by atoms with Gasteiger partial charge in [0.1, 0.15) is 0 Å². The molecule has 0 saturated carbocycles. The summed E-state index contributed by atoms with van der Waals surface area (Å²) in [7, 11) is 0. The molecule has 0 fully saturated rings. The number of rotatable bonds is 0. The zero-order valence-corrected chi connectivity index (χ0v) is 8.40. The lowest BCUT2D eigenvalue weighted by Crippen LogP contribution is -2.20. The molecule has 0 bridgehead atoms. The Labute approximate surface area is 86.2 Å². The van der Waals surface area contributed by atoms with Gasteiger partial charge in [0.2, 0.25) is 0 Å². The highest BCUT2D eigenvalue weighted by Crippen LogP contribution is 2.32. The minimum Gasteiger partial charge on any atom is -0.295 e. The number of nitrogens with one attached hydrogen (secondary N) is 2. The molecule has 0 heterocycles. The van der Waals surface area contributed by atoms with Crippen LogP contribution in [-0.2, 0) is 4.79 Å². The van der Waals surface area contributed by atoms with Gasteiger partial charge in [0.05, 0.1) is 6.01 Å². The maximum Gasteiger partial charge on any atom is 0.156 e. The molecule has 0 aromatic carbocycles. The van der Waals surface area contributed by atoms with Gasteiger partial charge in [0, 0.05) is 6.42 Å². The molecule has 0 aromatic heterocycles. The van der Waals surface area contributed by atoms with Crippen LogP contribution in [0.25, 0.3) is 0 Å². The summed E-state index contributed by atoms with van der Waals surface area (Å²) in [5.74, 6) is 0.286. The van der Waals surface area contributed by atoms with Crippen molar-refractivity contribution in [3.63, 3.8) is 0 Å². The highest BCUT2D eigenvalue weighted by molar-refractivity contribution is 5.91. The van der Waals surface area contributed by atoms with Crippen LogP contribution >= 0.6 is 0 Å². The summed E-state index contributed by atoms with van der Waals surface area (Å²) in [6.45, 7) is 6.31. The van der Waals surface area contributed by atoms with Crippen LogP contribution in [0.3, 0.4) is 0 Å². The van der Waals surface area contributed by atoms with Crippen molar-refractivity contribution in [2.24, 2.45) is 5.41 Å². The molecule has 1 aliphatic rings. The lowest BCUT2D eigenvalue weighted by atomic mass is 9.77. The molecule has 1 rings (SSSR count). The van der Waals surface area contributed by atoms with Crippen molar-refractivity contribution >= 4 is 11.8 Å². The fraction of sp³-hybridized carbons (Fsp3) is 0.636. The lowest BCUT2D eigenvalue weighted by molar-refractivity contribution is -0.117. The maximum absolute atomic E-state index is 11.0. The third kappa shape index (κ3) is 6.32. The molecular weight excluding hydrogens is 176 g/mol. The molecule has 3 nitrogen and oxygen atoms in total. The fourth-order valence-electron chi connectivity index (χ4n) is 1.67. The van der Waals surface area contributed by atoms with E-state index in [0.717, 1.165) is 6.42 Å². The Morgan fingerprint density at radius 1 is 1.36 bits per heavy atom. The zero-order valence-electron chi connectivity index (χ0n) is 8.40. The molecule has 1 aliphatic carbocycles. The monoisotopic (exact) mass is 196 g/mol. The van der Waals surface area contributed by atoms with Gasteiger partial charge in [-0.3, -0.25) is 4.79 Å². The van der Waals surface area contributed by atoms with Crippen LogP contribution in [0.5, 0.6) is 0 Å². The Balaban J connectivity index is 0. The van der Waals surface area contributed by atoms with Gasteiger partial charge in [-0.05, 0) is 24.8 Å². The van der Waals surface area contributed by atoms with Gasteiger partial charge in [-0.2, -0.15) is 0 Å². The first-order valence-electron chi connectivity index (χ1n) is 4.20. The number of hydrogen-bond acceptors (Lipinski definition) is 3. The van der Waals surface area contributed by atoms with Crippen molar-refractivity contribution in [3.8, 4) is 0 Å². The summed E-state index contributed by atoms with van der Waals surface area (Å²) < 4.78 is 0. The Morgan fingerprint density at radius 3 is 2.07 bits per heavy atom. The third-order valence-corrected chi connectivity index (χ3v) is 1.82. The molecule has 0 atom stereocenters. The molecule has 80 valence electrons. The van der Waals surface area contributed by atoms with Crippen LogP contribution in [0.2, 0.25) is 0 Å². The molecule has 0 aliphatic heterocycles. The Morgan fingerprint density at radius 2 is 1.79 bits per heavy atom. The normalized spacial score (nSPS) is 17.9. The van der Waals surface area contributed by atoms with Crippen LogP contribution in [0, 0.1) is 16.2 Å². The van der Waals surface area contributed by atoms with E-state index in [4.69, 9.17) is 10.8 Å². The first-order chi connectivity index (χ1) is 5.91. The van der Waals surface area contributed by atoms with Crippen LogP contribution in [0.1, 0.15) is 41.0 Å². The van der Waals surface area contributed by atoms with E-state index in [1.165, 1.54) is 11.6 Å². The van der Waals surface area contributed by atoms with Crippen LogP contribution < -0.4 is 0 Å². The number of carbonyl (C=O) groups is 1. The second-order valence-electron chi connectivity index (χ2n) is 4.10. The van der Waals surface area contributed by atoms with Crippen LogP contribution in [0.4, 0.5) is 0 Å². The predicted octanol–water partition coefficient (Wildman–Crippen LogP) is 3.28. The summed E-state index contributed by atoms with van der Waals surface area (Å²) in [5.41, 5.74) is 1.43. The van der Waals surface area contributed by atoms with Gasteiger partial charge in [0.15, 0.2) is 5.78 Å². The van der Waals surface area contributed by atoms with E-state index in [0.29, 0.717) is 6.42 Å². The smallest absolute Gasteiger partial charge is 0.156 e. The summed E-state index contributed by atoms with van der Waals surface area (Å²) in [4.78, 5) is 11.0. The summed E-state index contributed by atoms with van der Waals surface area (Å²) in [6, 6.07) is 1.25. The van der Waals surface area contributed by atoms with Gasteiger partial charge >= 0.3 is 0 Å². The highest BCUT2D eigenvalue weighted by atomic mass is 16.1. The molecule has 3 heteroatoms. The second kappa shape index (κ2) is 6.28. The molecule has 0 aromatic rings. The van der Waals surface area contributed by atoms with E-state index in [1.54, 1.807) is 6.08 Å². The topological polar surface area (TPSA) is 64.8 Å². The summed E-state index contributed by atoms with van der Waals surface area (Å²) in [6.07, 6.45) is 3.55. The van der Waals surface area contributed by atoms with E-state index in [9.17, 15) is 4.79 Å². The van der Waals surface area contributed by atoms with Gasteiger partial charge in [-0.25, -0.2) is 10.8 Å². The Kier molecular flexibility index (Phi) is 6.84. The number of allylic oxidation sites excluding steroid dienone is 2. The molecule has 0 amide bonds. The first kappa shape index (κ1) is 15.3. The second-order valence-corrected chi connectivity index (χ2v) is 4.10. The van der Waals surface area contributed by atoms with Crippen molar-refractivity contribution < 1.29 is 4.79 Å². The molecule has 0 unspecified atom stereocenters. The molecule has 14 heavy (non-hydrogen) atoms. The van der Waals surface area contributed by atoms with Crippen molar-refractivity contribution in [2.75, 3.05) is 0 Å². The van der Waals surface area contributed by atoms with Gasteiger partial charge < -0.3 is 0 Å². The van der Waals surface area contributed by atoms with Crippen molar-refractivity contribution in [3.05, 3.63) is 11.6 Å². The average Bonchev–Trinajstić information content (AvgIpc) is 1.81. The summed E-state index contributed by atoms with van der Waals surface area (Å²) >= 11 is 0. The molecule has 0 saturated heterocycles. The predicted molar refractivity (Wildman–Crippen MR) is 59.0 cm³/mol. The van der Waals surface area contributed by atoms with E-state index in [1.807, 2.05) is 6.92 Å². The minimum absolute atomic E-state index is 0. The first-order valence-corrected chi connectivity index (χ1v) is 4.20. The van der Waals surface area contributed by atoms with E-state index < -0.39 is 0 Å². The van der Waals surface area contributed by atoms with Gasteiger partial charge in [-0.1, -0.05) is 26.8 Å². The van der Waals surface area contributed by atoms with Crippen molar-refractivity contribution in [2.45, 2.75) is 41.0 Å².